The zero-order valence-electron chi connectivity index (χ0n) is 11.1. The monoisotopic (exact) mass is 334 g/mol. The first-order chi connectivity index (χ1) is 10.2. The number of ketones is 1. The molecular weight excluding hydrogens is 324 g/mol. The van der Waals surface area contributed by atoms with E-state index in [-0.39, 0.29) is 17.8 Å². The van der Waals surface area contributed by atoms with E-state index in [1.807, 2.05) is 0 Å². The number of alkyl halides is 5. The van der Waals surface area contributed by atoms with Gasteiger partial charge < -0.3 is 0 Å². The van der Waals surface area contributed by atoms with Crippen LogP contribution in [0.5, 0.6) is 0 Å². The van der Waals surface area contributed by atoms with Gasteiger partial charge in [0.2, 0.25) is 0 Å². The van der Waals surface area contributed by atoms with Crippen LogP contribution in [0.4, 0.5) is 17.6 Å². The molecule has 0 aliphatic heterocycles. The van der Waals surface area contributed by atoms with E-state index in [4.69, 9.17) is 11.6 Å². The number of benzene rings is 1. The van der Waals surface area contributed by atoms with Gasteiger partial charge in [0.05, 0.1) is 0 Å². The highest BCUT2D eigenvalue weighted by molar-refractivity contribution is 6.24. The largest absolute Gasteiger partial charge is 0.418 e. The molecule has 22 heavy (non-hydrogen) atoms. The van der Waals surface area contributed by atoms with Crippen LogP contribution in [-0.4, -0.2) is 23.4 Å². The second kappa shape index (κ2) is 6.22. The van der Waals surface area contributed by atoms with Crippen molar-refractivity contribution in [1.29, 1.82) is 0 Å². The lowest BCUT2D eigenvalue weighted by atomic mass is 9.97. The van der Waals surface area contributed by atoms with Crippen molar-refractivity contribution >= 4 is 17.4 Å². The minimum Gasteiger partial charge on any atom is -0.289 e. The van der Waals surface area contributed by atoms with Crippen molar-refractivity contribution in [3.63, 3.8) is 0 Å². The highest BCUT2D eigenvalue weighted by Crippen LogP contribution is 2.38. The summed E-state index contributed by atoms with van der Waals surface area (Å²) in [6, 6.07) is 8.30. The lowest BCUT2D eigenvalue weighted by Crippen LogP contribution is -2.39. The highest BCUT2D eigenvalue weighted by Gasteiger charge is 2.48. The van der Waals surface area contributed by atoms with Crippen LogP contribution in [0.25, 0.3) is 0 Å². The predicted octanol–water partition coefficient (Wildman–Crippen LogP) is 4.57. The quantitative estimate of drug-likeness (QED) is 0.448. The molecule has 0 saturated carbocycles. The number of hydrogen-bond donors (Lipinski definition) is 0. The van der Waals surface area contributed by atoms with Crippen molar-refractivity contribution in [1.82, 2.24) is 0 Å². The number of ether oxygens (including phenoxy) is 1. The molecule has 1 aliphatic carbocycles. The summed E-state index contributed by atoms with van der Waals surface area (Å²) in [5, 5.41) is -2.11. The number of carbonyl (C=O) groups is 1. The van der Waals surface area contributed by atoms with Crippen molar-refractivity contribution in [2.24, 2.45) is 0 Å². The number of hydrogen-bond acceptors (Lipinski definition) is 2. The third-order valence-electron chi connectivity index (χ3n) is 2.97. The van der Waals surface area contributed by atoms with Crippen LogP contribution in [0, 0.1) is 0 Å². The predicted molar refractivity (Wildman–Crippen MR) is 73.2 cm³/mol. The van der Waals surface area contributed by atoms with Crippen molar-refractivity contribution in [2.75, 3.05) is 0 Å². The van der Waals surface area contributed by atoms with Crippen LogP contribution in [0.1, 0.15) is 16.8 Å². The van der Waals surface area contributed by atoms with Gasteiger partial charge in [-0.15, -0.1) is 0 Å². The van der Waals surface area contributed by atoms with E-state index in [1.165, 1.54) is 12.2 Å². The Morgan fingerprint density at radius 1 is 1.27 bits per heavy atom. The smallest absolute Gasteiger partial charge is 0.289 e. The van der Waals surface area contributed by atoms with E-state index in [9.17, 15) is 22.4 Å². The van der Waals surface area contributed by atoms with Gasteiger partial charge in [0.25, 0.3) is 0 Å². The summed E-state index contributed by atoms with van der Waals surface area (Å²) in [6.07, 6.45) is -5.55. The molecule has 0 bridgehead atoms. The fourth-order valence-electron chi connectivity index (χ4n) is 1.87. The van der Waals surface area contributed by atoms with Crippen LogP contribution < -0.4 is 0 Å². The molecule has 1 unspecified atom stereocenters. The van der Waals surface area contributed by atoms with Gasteiger partial charge in [-0.3, -0.25) is 9.53 Å². The molecule has 0 fully saturated rings. The van der Waals surface area contributed by atoms with Gasteiger partial charge in [-0.1, -0.05) is 54.1 Å². The Hall–Kier alpha value is -1.66. The standard InChI is InChI=1S/C15H11ClF4O2/c16-14(22-15(19,20)13(17)18)8-6-11(7-9-14)12(21)10-4-2-1-3-5-10/h1-8,13H,9H2. The Balaban J connectivity index is 2.10. The lowest BCUT2D eigenvalue weighted by molar-refractivity contribution is -0.319. The molecule has 0 aromatic heterocycles. The summed E-state index contributed by atoms with van der Waals surface area (Å²) in [7, 11) is 0. The Kier molecular flexibility index (Phi) is 4.72. The maximum atomic E-state index is 12.9. The lowest BCUT2D eigenvalue weighted by Gasteiger charge is -2.29. The Bertz CT molecular complexity index is 613. The molecule has 0 N–H and O–H groups in total. The zero-order valence-corrected chi connectivity index (χ0v) is 11.9. The number of halogens is 5. The Labute approximate surface area is 129 Å². The van der Waals surface area contributed by atoms with Crippen LogP contribution >= 0.6 is 11.6 Å². The molecule has 0 saturated heterocycles. The second-order valence-corrected chi connectivity index (χ2v) is 5.28. The van der Waals surface area contributed by atoms with Gasteiger partial charge in [0.1, 0.15) is 0 Å². The third kappa shape index (κ3) is 3.75. The SMILES string of the molecule is O=C(C1=CCC(Cl)(OC(F)(F)C(F)F)C=C1)c1ccccc1. The maximum absolute atomic E-state index is 12.9. The van der Waals surface area contributed by atoms with Gasteiger partial charge >= 0.3 is 12.5 Å². The molecule has 0 radical (unpaired) electrons. The third-order valence-corrected chi connectivity index (χ3v) is 3.33. The molecule has 7 heteroatoms. The second-order valence-electron chi connectivity index (χ2n) is 4.64. The molecule has 1 aromatic carbocycles. The van der Waals surface area contributed by atoms with Crippen molar-refractivity contribution < 1.29 is 27.1 Å². The molecule has 0 heterocycles. The zero-order chi connectivity index (χ0) is 16.4. The molecule has 2 rings (SSSR count). The normalized spacial score (nSPS) is 21.8. The first-order valence-corrected chi connectivity index (χ1v) is 6.65. The summed E-state index contributed by atoms with van der Waals surface area (Å²) in [5.41, 5.74) is 0.644. The minimum atomic E-state index is -4.67. The Morgan fingerprint density at radius 3 is 2.41 bits per heavy atom. The Morgan fingerprint density at radius 2 is 1.91 bits per heavy atom. The molecule has 2 nitrogen and oxygen atoms in total. The molecule has 0 spiro atoms. The summed E-state index contributed by atoms with van der Waals surface area (Å²) >= 11 is 5.74. The van der Waals surface area contributed by atoms with Gasteiger partial charge in [-0.25, -0.2) is 8.78 Å². The van der Waals surface area contributed by atoms with Crippen molar-refractivity contribution in [3.05, 3.63) is 59.7 Å². The summed E-state index contributed by atoms with van der Waals surface area (Å²) in [6.45, 7) is 0. The number of carbonyl (C=O) groups excluding carboxylic acids is 1. The number of allylic oxidation sites excluding steroid dienone is 2. The van der Waals surface area contributed by atoms with Crippen molar-refractivity contribution in [3.8, 4) is 0 Å². The highest BCUT2D eigenvalue weighted by atomic mass is 35.5. The average Bonchev–Trinajstić information content (AvgIpc) is 2.47. The van der Waals surface area contributed by atoms with E-state index in [0.717, 1.165) is 6.08 Å². The number of rotatable bonds is 5. The van der Waals surface area contributed by atoms with E-state index < -0.39 is 17.6 Å². The summed E-state index contributed by atoms with van der Waals surface area (Å²) in [5.74, 6) is -0.323. The molecule has 1 atom stereocenters. The summed E-state index contributed by atoms with van der Waals surface area (Å²) < 4.78 is 54.1. The van der Waals surface area contributed by atoms with Gasteiger partial charge in [0, 0.05) is 17.6 Å². The van der Waals surface area contributed by atoms with E-state index in [0.29, 0.717) is 5.56 Å². The topological polar surface area (TPSA) is 26.3 Å². The first kappa shape index (κ1) is 16.7. The maximum Gasteiger partial charge on any atom is 0.418 e. The van der Waals surface area contributed by atoms with Crippen LogP contribution in [0.2, 0.25) is 0 Å². The van der Waals surface area contributed by atoms with Crippen molar-refractivity contribution in [2.45, 2.75) is 24.0 Å². The van der Waals surface area contributed by atoms with Crippen LogP contribution in [-0.2, 0) is 4.74 Å². The van der Waals surface area contributed by atoms with Crippen LogP contribution in [0.3, 0.4) is 0 Å². The minimum absolute atomic E-state index is 0.228. The molecular formula is C15H11ClF4O2. The number of Topliss-reactive ketones (excluding diaryl/α,β-unsaturated/α-hetero) is 1. The van der Waals surface area contributed by atoms with E-state index in [2.05, 4.69) is 4.74 Å². The fourth-order valence-corrected chi connectivity index (χ4v) is 2.11. The molecule has 0 amide bonds. The van der Waals surface area contributed by atoms with E-state index in [1.54, 1.807) is 30.3 Å². The first-order valence-electron chi connectivity index (χ1n) is 6.28. The average molecular weight is 335 g/mol. The molecule has 118 valence electrons. The molecule has 1 aliphatic rings. The molecule has 1 aromatic rings. The van der Waals surface area contributed by atoms with Gasteiger partial charge in [-0.05, 0) is 6.08 Å². The van der Waals surface area contributed by atoms with Gasteiger partial charge in [0.15, 0.2) is 10.8 Å². The fraction of sp³-hybridized carbons (Fsp3) is 0.267. The van der Waals surface area contributed by atoms with Gasteiger partial charge in [-0.2, -0.15) is 8.78 Å². The van der Waals surface area contributed by atoms with Crippen LogP contribution in [0.15, 0.2) is 54.1 Å². The van der Waals surface area contributed by atoms with E-state index >= 15 is 0 Å². The summed E-state index contributed by atoms with van der Waals surface area (Å²) in [4.78, 5) is 12.1.